The van der Waals surface area contributed by atoms with Gasteiger partial charge in [0.1, 0.15) is 5.84 Å². The molecule has 1 aliphatic carbocycles. The van der Waals surface area contributed by atoms with Crippen molar-refractivity contribution < 1.29 is 0 Å². The van der Waals surface area contributed by atoms with Gasteiger partial charge < -0.3 is 5.32 Å². The highest BCUT2D eigenvalue weighted by atomic mass is 35.5. The van der Waals surface area contributed by atoms with Crippen LogP contribution < -0.4 is 5.32 Å². The Morgan fingerprint density at radius 3 is 2.91 bits per heavy atom. The number of nitrogens with zero attached hydrogens (tertiary/aromatic N) is 1. The van der Waals surface area contributed by atoms with E-state index in [1.165, 1.54) is 12.8 Å². The molecule has 0 amide bonds. The first-order valence-electron chi connectivity index (χ1n) is 3.97. The maximum atomic E-state index is 5.85. The zero-order valence-corrected chi connectivity index (χ0v) is 7.23. The highest BCUT2D eigenvalue weighted by Gasteiger charge is 2.29. The molecule has 60 valence electrons. The van der Waals surface area contributed by atoms with Crippen molar-refractivity contribution in [1.82, 2.24) is 5.32 Å². The lowest BCUT2D eigenvalue weighted by Crippen LogP contribution is -2.26. The highest BCUT2D eigenvalue weighted by molar-refractivity contribution is 6.30. The lowest BCUT2D eigenvalue weighted by atomic mass is 10.2. The summed E-state index contributed by atoms with van der Waals surface area (Å²) in [5.41, 5.74) is 0. The highest BCUT2D eigenvalue weighted by Crippen LogP contribution is 2.31. The molecule has 0 saturated heterocycles. The molecular weight excluding hydrogens is 160 g/mol. The maximum Gasteiger partial charge on any atom is 0.104 e. The van der Waals surface area contributed by atoms with E-state index in [0.717, 1.165) is 10.9 Å². The molecule has 1 aliphatic heterocycles. The summed E-state index contributed by atoms with van der Waals surface area (Å²) in [6.07, 6.45) is 4.42. The molecule has 0 spiro atoms. The molecule has 1 atom stereocenters. The average molecular weight is 171 g/mol. The van der Waals surface area contributed by atoms with Crippen molar-refractivity contribution >= 4 is 17.4 Å². The van der Waals surface area contributed by atoms with Gasteiger partial charge in [-0.3, -0.25) is 4.99 Å². The molecule has 0 aromatic rings. The quantitative estimate of drug-likeness (QED) is 0.639. The Hall–Kier alpha value is -0.500. The second-order valence-electron chi connectivity index (χ2n) is 3.14. The molecule has 3 heteroatoms. The van der Waals surface area contributed by atoms with Gasteiger partial charge in [0.2, 0.25) is 0 Å². The summed E-state index contributed by atoms with van der Waals surface area (Å²) in [6, 6.07) is 0.161. The minimum absolute atomic E-state index is 0.161. The minimum Gasteiger partial charge on any atom is -0.349 e. The monoisotopic (exact) mass is 170 g/mol. The van der Waals surface area contributed by atoms with Crippen molar-refractivity contribution in [2.45, 2.75) is 25.8 Å². The molecule has 1 fully saturated rings. The van der Waals surface area contributed by atoms with Gasteiger partial charge in [0.05, 0.1) is 11.1 Å². The fourth-order valence-corrected chi connectivity index (χ4v) is 1.25. The van der Waals surface area contributed by atoms with Gasteiger partial charge in [-0.05, 0) is 19.8 Å². The van der Waals surface area contributed by atoms with Crippen molar-refractivity contribution in [3.05, 3.63) is 11.2 Å². The van der Waals surface area contributed by atoms with Gasteiger partial charge >= 0.3 is 0 Å². The van der Waals surface area contributed by atoms with Gasteiger partial charge in [0.15, 0.2) is 0 Å². The number of nitrogens with one attached hydrogen (secondary N) is 1. The summed E-state index contributed by atoms with van der Waals surface area (Å²) in [6.45, 7) is 2.02. The summed E-state index contributed by atoms with van der Waals surface area (Å²) in [7, 11) is 0. The summed E-state index contributed by atoms with van der Waals surface area (Å²) in [4.78, 5) is 4.43. The summed E-state index contributed by atoms with van der Waals surface area (Å²) >= 11 is 5.85. The molecular formula is C8H11ClN2. The Morgan fingerprint density at radius 2 is 2.36 bits per heavy atom. The lowest BCUT2D eigenvalue weighted by Gasteiger charge is -2.15. The molecule has 1 heterocycles. The fourth-order valence-electron chi connectivity index (χ4n) is 1.15. The zero-order chi connectivity index (χ0) is 7.84. The Kier molecular flexibility index (Phi) is 1.64. The van der Waals surface area contributed by atoms with Crippen LogP contribution in [0.2, 0.25) is 0 Å². The van der Waals surface area contributed by atoms with Gasteiger partial charge in [-0.15, -0.1) is 0 Å². The third-order valence-electron chi connectivity index (χ3n) is 2.05. The molecule has 11 heavy (non-hydrogen) atoms. The first kappa shape index (κ1) is 7.17. The van der Waals surface area contributed by atoms with Crippen molar-refractivity contribution in [3.63, 3.8) is 0 Å². The van der Waals surface area contributed by atoms with E-state index >= 15 is 0 Å². The molecule has 2 rings (SSSR count). The fraction of sp³-hybridized carbons (Fsp3) is 0.625. The van der Waals surface area contributed by atoms with Crippen molar-refractivity contribution in [1.29, 1.82) is 0 Å². The number of amidine groups is 1. The number of hydrogen-bond acceptors (Lipinski definition) is 2. The van der Waals surface area contributed by atoms with E-state index in [-0.39, 0.29) is 6.04 Å². The minimum atomic E-state index is 0.161. The van der Waals surface area contributed by atoms with Gasteiger partial charge in [-0.25, -0.2) is 0 Å². The first-order valence-corrected chi connectivity index (χ1v) is 4.35. The number of halogens is 1. The molecule has 0 aromatic carbocycles. The van der Waals surface area contributed by atoms with Gasteiger partial charge in [0.25, 0.3) is 0 Å². The number of rotatable bonds is 1. The van der Waals surface area contributed by atoms with Crippen molar-refractivity contribution in [2.75, 3.05) is 0 Å². The van der Waals surface area contributed by atoms with Gasteiger partial charge in [-0.1, -0.05) is 11.6 Å². The van der Waals surface area contributed by atoms with Crippen LogP contribution in [-0.2, 0) is 0 Å². The van der Waals surface area contributed by atoms with E-state index in [9.17, 15) is 0 Å². The van der Waals surface area contributed by atoms with Crippen LogP contribution in [0.4, 0.5) is 0 Å². The van der Waals surface area contributed by atoms with E-state index in [4.69, 9.17) is 11.6 Å². The summed E-state index contributed by atoms with van der Waals surface area (Å²) in [5, 5.41) is 3.92. The van der Waals surface area contributed by atoms with E-state index in [2.05, 4.69) is 10.3 Å². The second-order valence-corrected chi connectivity index (χ2v) is 3.57. The third kappa shape index (κ3) is 1.41. The molecule has 1 saturated carbocycles. The number of aliphatic imine (C=N–C) groups is 1. The first-order chi connectivity index (χ1) is 5.27. The van der Waals surface area contributed by atoms with E-state index in [1.807, 2.05) is 13.1 Å². The van der Waals surface area contributed by atoms with E-state index < -0.39 is 0 Å². The largest absolute Gasteiger partial charge is 0.349 e. The lowest BCUT2D eigenvalue weighted by molar-refractivity contribution is 0.842. The van der Waals surface area contributed by atoms with E-state index in [1.54, 1.807) is 0 Å². The Bertz CT molecular complexity index is 228. The topological polar surface area (TPSA) is 24.4 Å². The van der Waals surface area contributed by atoms with Crippen LogP contribution in [-0.4, -0.2) is 11.9 Å². The van der Waals surface area contributed by atoms with Crippen LogP contribution >= 0.6 is 11.6 Å². The van der Waals surface area contributed by atoms with Gasteiger partial charge in [-0.2, -0.15) is 0 Å². The Labute approximate surface area is 71.3 Å². The van der Waals surface area contributed by atoms with Crippen LogP contribution in [0.5, 0.6) is 0 Å². The Balaban J connectivity index is 2.09. The van der Waals surface area contributed by atoms with Crippen molar-refractivity contribution in [3.8, 4) is 0 Å². The number of hydrogen-bond donors (Lipinski definition) is 1. The van der Waals surface area contributed by atoms with Crippen molar-refractivity contribution in [2.24, 2.45) is 10.9 Å². The second kappa shape index (κ2) is 2.52. The normalized spacial score (nSPS) is 30.5. The Morgan fingerprint density at radius 1 is 1.64 bits per heavy atom. The molecule has 0 bridgehead atoms. The zero-order valence-electron chi connectivity index (χ0n) is 6.47. The van der Waals surface area contributed by atoms with Crippen LogP contribution in [0.25, 0.3) is 0 Å². The molecule has 2 aliphatic rings. The molecule has 1 N–H and O–H groups in total. The van der Waals surface area contributed by atoms with Crippen LogP contribution in [0.15, 0.2) is 16.2 Å². The molecule has 0 radical (unpaired) electrons. The van der Waals surface area contributed by atoms with Crippen LogP contribution in [0, 0.1) is 5.92 Å². The molecule has 2 nitrogen and oxygen atoms in total. The predicted octanol–water partition coefficient (Wildman–Crippen LogP) is 1.87. The maximum absolute atomic E-state index is 5.85. The third-order valence-corrected chi connectivity index (χ3v) is 2.48. The van der Waals surface area contributed by atoms with Crippen LogP contribution in [0.3, 0.4) is 0 Å². The van der Waals surface area contributed by atoms with E-state index in [0.29, 0.717) is 5.92 Å². The van der Waals surface area contributed by atoms with Gasteiger partial charge in [0, 0.05) is 12.1 Å². The average Bonchev–Trinajstić information content (AvgIpc) is 2.77. The molecule has 1 unspecified atom stereocenters. The van der Waals surface area contributed by atoms with Crippen LogP contribution in [0.1, 0.15) is 19.8 Å². The smallest absolute Gasteiger partial charge is 0.104 e. The summed E-state index contributed by atoms with van der Waals surface area (Å²) < 4.78 is 0. The standard InChI is InChI=1S/C8H11ClN2/c1-5-7(9)4-10-8(11-5)6-2-3-6/h4-6H,2-3H2,1H3,(H,10,11). The SMILES string of the molecule is CC1N=C(C2CC2)NC=C1Cl. The predicted molar refractivity (Wildman–Crippen MR) is 46.7 cm³/mol. The summed E-state index contributed by atoms with van der Waals surface area (Å²) in [5.74, 6) is 1.82. The molecule has 0 aromatic heterocycles.